The van der Waals surface area contributed by atoms with E-state index in [1.807, 2.05) is 0 Å². The molecule has 3 aromatic heterocycles. The Hall–Kier alpha value is -3.48. The second kappa shape index (κ2) is 8.70. The molecule has 34 heavy (non-hydrogen) atoms. The van der Waals surface area contributed by atoms with Crippen LogP contribution in [0.5, 0.6) is 0 Å². The lowest BCUT2D eigenvalue weighted by molar-refractivity contribution is -0.137. The molecule has 3 aromatic rings. The number of likely N-dealkylation sites (tertiary alicyclic amines) is 1. The van der Waals surface area contributed by atoms with E-state index in [4.69, 9.17) is 11.5 Å². The Bertz CT molecular complexity index is 1200. The molecule has 1 saturated heterocycles. The molecule has 1 atom stereocenters. The van der Waals surface area contributed by atoms with Crippen LogP contribution in [0, 0.1) is 0 Å². The summed E-state index contributed by atoms with van der Waals surface area (Å²) in [6, 6.07) is 0.263. The first-order chi connectivity index (χ1) is 16.0. The monoisotopic (exact) mass is 480 g/mol. The van der Waals surface area contributed by atoms with E-state index < -0.39 is 23.5 Å². The Morgan fingerprint density at radius 2 is 2.00 bits per heavy atom. The minimum Gasteiger partial charge on any atom is -0.396 e. The van der Waals surface area contributed by atoms with Crippen molar-refractivity contribution in [2.75, 3.05) is 30.7 Å². The number of rotatable bonds is 5. The molecule has 1 aliphatic heterocycles. The first-order valence-electron chi connectivity index (χ1n) is 10.6. The van der Waals surface area contributed by atoms with Crippen LogP contribution in [0.25, 0.3) is 22.3 Å². The van der Waals surface area contributed by atoms with Crippen molar-refractivity contribution in [2.24, 2.45) is 5.73 Å². The van der Waals surface area contributed by atoms with Crippen LogP contribution in [-0.2, 0) is 11.0 Å². The van der Waals surface area contributed by atoms with E-state index in [-0.39, 0.29) is 66.7 Å². The quantitative estimate of drug-likeness (QED) is 0.412. The summed E-state index contributed by atoms with van der Waals surface area (Å²) in [5.74, 6) is -0.153. The molecule has 1 unspecified atom stereocenters. The summed E-state index contributed by atoms with van der Waals surface area (Å²) in [6.45, 7) is 2.01. The number of nitrogen functional groups attached to an aromatic ring is 1. The van der Waals surface area contributed by atoms with Crippen LogP contribution in [0.2, 0.25) is 0 Å². The summed E-state index contributed by atoms with van der Waals surface area (Å²) in [6.07, 6.45) is -0.816. The number of halogens is 4. The van der Waals surface area contributed by atoms with Crippen LogP contribution in [0.3, 0.4) is 0 Å². The molecular formula is C21H24F4N8O. The van der Waals surface area contributed by atoms with Crippen LogP contribution in [0.15, 0.2) is 24.7 Å². The van der Waals surface area contributed by atoms with Crippen LogP contribution in [0.1, 0.15) is 25.3 Å². The summed E-state index contributed by atoms with van der Waals surface area (Å²) >= 11 is 0. The highest BCUT2D eigenvalue weighted by atomic mass is 19.4. The number of aromatic nitrogens is 4. The third kappa shape index (κ3) is 4.47. The Labute approximate surface area is 191 Å². The third-order valence-electron chi connectivity index (χ3n) is 6.17. The van der Waals surface area contributed by atoms with E-state index in [9.17, 15) is 18.0 Å². The Morgan fingerprint density at radius 1 is 1.29 bits per heavy atom. The average Bonchev–Trinajstić information content (AvgIpc) is 3.23. The third-order valence-corrected chi connectivity index (χ3v) is 6.17. The number of piperidine rings is 1. The second-order valence-electron chi connectivity index (χ2n) is 8.30. The Kier molecular flexibility index (Phi) is 6.06. The van der Waals surface area contributed by atoms with Crippen molar-refractivity contribution >= 4 is 28.6 Å². The zero-order valence-electron chi connectivity index (χ0n) is 18.3. The molecule has 0 radical (unpaired) electrons. The maximum Gasteiger partial charge on any atom is 0.417 e. The number of alkyl halides is 4. The number of amides is 1. The van der Waals surface area contributed by atoms with Gasteiger partial charge in [0.15, 0.2) is 0 Å². The van der Waals surface area contributed by atoms with Crippen LogP contribution in [0.4, 0.5) is 29.2 Å². The van der Waals surface area contributed by atoms with Gasteiger partial charge in [0, 0.05) is 49.3 Å². The summed E-state index contributed by atoms with van der Waals surface area (Å²) in [4.78, 5) is 28.4. The van der Waals surface area contributed by atoms with Crippen molar-refractivity contribution in [3.05, 3.63) is 30.2 Å². The normalized spacial score (nSPS) is 17.1. The van der Waals surface area contributed by atoms with Crippen molar-refractivity contribution in [3.63, 3.8) is 0 Å². The Balaban J connectivity index is 1.58. The number of carbonyl (C=O) groups is 1. The van der Waals surface area contributed by atoms with E-state index in [0.29, 0.717) is 5.56 Å². The molecule has 1 amide bonds. The zero-order chi connectivity index (χ0) is 24.7. The second-order valence-corrected chi connectivity index (χ2v) is 8.30. The van der Waals surface area contributed by atoms with Gasteiger partial charge in [0.2, 0.25) is 11.9 Å². The van der Waals surface area contributed by atoms with Crippen molar-refractivity contribution in [1.82, 2.24) is 24.8 Å². The molecule has 1 aliphatic rings. The fourth-order valence-corrected chi connectivity index (χ4v) is 4.04. The Morgan fingerprint density at radius 3 is 2.65 bits per heavy atom. The number of hydrogen-bond donors (Lipinski definition) is 4. The van der Waals surface area contributed by atoms with Gasteiger partial charge >= 0.3 is 6.18 Å². The summed E-state index contributed by atoms with van der Waals surface area (Å²) < 4.78 is 55.1. The summed E-state index contributed by atoms with van der Waals surface area (Å²) in [5, 5.41) is 3.13. The number of carbonyl (C=O) groups excluding carboxylic acids is 1. The van der Waals surface area contributed by atoms with Crippen molar-refractivity contribution in [1.29, 1.82) is 0 Å². The number of fused-ring (bicyclic) bond motifs is 1. The van der Waals surface area contributed by atoms with Gasteiger partial charge in [0.1, 0.15) is 17.0 Å². The van der Waals surface area contributed by atoms with Crippen molar-refractivity contribution in [2.45, 2.75) is 37.7 Å². The lowest BCUT2D eigenvalue weighted by Gasteiger charge is -2.40. The maximum atomic E-state index is 15.6. The lowest BCUT2D eigenvalue weighted by atomic mass is 9.87. The van der Waals surface area contributed by atoms with Crippen LogP contribution >= 0.6 is 0 Å². The smallest absolute Gasteiger partial charge is 0.396 e. The molecular weight excluding hydrogens is 456 g/mol. The van der Waals surface area contributed by atoms with Gasteiger partial charge in [-0.05, 0) is 13.0 Å². The largest absolute Gasteiger partial charge is 0.417 e. The summed E-state index contributed by atoms with van der Waals surface area (Å²) in [5.41, 5.74) is 9.75. The molecule has 182 valence electrons. The molecule has 4 heterocycles. The molecule has 0 bridgehead atoms. The first-order valence-corrected chi connectivity index (χ1v) is 10.6. The molecule has 0 aromatic carbocycles. The van der Waals surface area contributed by atoms with Gasteiger partial charge < -0.3 is 26.7 Å². The highest BCUT2D eigenvalue weighted by Crippen LogP contribution is 2.36. The van der Waals surface area contributed by atoms with E-state index in [1.54, 1.807) is 6.92 Å². The number of nitrogens with zero attached hydrogens (tertiary/aromatic N) is 4. The number of anilines is 2. The van der Waals surface area contributed by atoms with Crippen LogP contribution in [-0.4, -0.2) is 62.1 Å². The number of aromatic amines is 1. The van der Waals surface area contributed by atoms with Crippen molar-refractivity contribution in [3.8, 4) is 11.3 Å². The van der Waals surface area contributed by atoms with Gasteiger partial charge in [0.05, 0.1) is 30.0 Å². The predicted molar refractivity (Wildman–Crippen MR) is 118 cm³/mol. The molecule has 0 spiro atoms. The summed E-state index contributed by atoms with van der Waals surface area (Å²) in [7, 11) is 0. The zero-order valence-corrected chi connectivity index (χ0v) is 18.3. The number of nitrogens with two attached hydrogens (primary N) is 2. The number of pyridine rings is 1. The van der Waals surface area contributed by atoms with Crippen molar-refractivity contribution < 1.29 is 22.4 Å². The first kappa shape index (κ1) is 23.7. The lowest BCUT2D eigenvalue weighted by Crippen LogP contribution is -2.52. The molecule has 0 aliphatic carbocycles. The van der Waals surface area contributed by atoms with Gasteiger partial charge in [0.25, 0.3) is 0 Å². The van der Waals surface area contributed by atoms with E-state index in [0.717, 1.165) is 12.3 Å². The molecule has 1 fully saturated rings. The molecule has 0 saturated carbocycles. The molecule has 13 heteroatoms. The number of hydrogen-bond acceptors (Lipinski definition) is 7. The van der Waals surface area contributed by atoms with Gasteiger partial charge in [-0.15, -0.1) is 0 Å². The molecule has 4 rings (SSSR count). The predicted octanol–water partition coefficient (Wildman–Crippen LogP) is 2.71. The van der Waals surface area contributed by atoms with Crippen LogP contribution < -0.4 is 16.8 Å². The van der Waals surface area contributed by atoms with Gasteiger partial charge in [-0.2, -0.15) is 13.2 Å². The van der Waals surface area contributed by atoms with Gasteiger partial charge in [-0.25, -0.2) is 19.3 Å². The van der Waals surface area contributed by atoms with E-state index >= 15 is 4.39 Å². The minimum absolute atomic E-state index is 0.0727. The number of nitrogens with one attached hydrogen (secondary N) is 2. The van der Waals surface area contributed by atoms with Gasteiger partial charge in [-0.3, -0.25) is 4.79 Å². The highest BCUT2D eigenvalue weighted by molar-refractivity contribution is 5.95. The van der Waals surface area contributed by atoms with Gasteiger partial charge in [-0.1, -0.05) is 0 Å². The molecule has 9 nitrogen and oxygen atoms in total. The minimum atomic E-state index is -4.56. The topological polar surface area (TPSA) is 139 Å². The molecule has 6 N–H and O–H groups in total. The highest BCUT2D eigenvalue weighted by Gasteiger charge is 2.41. The van der Waals surface area contributed by atoms with E-state index in [1.165, 1.54) is 17.3 Å². The van der Waals surface area contributed by atoms with E-state index in [2.05, 4.69) is 25.3 Å². The average molecular weight is 480 g/mol. The SMILES string of the molecule is CC(Nc1ncc(N)c(-c2c[nH]c3ncc(C(F)(F)F)cc23)n1)C1(F)CCN(C(=O)CN)CC1. The number of H-pyrrole nitrogens is 1. The standard InChI is InChI=1S/C21H24F4N8O/c1-11(20(22)2-4-33(5-3-20)16(34)7-26)31-19-30-10-15(27)17(32-19)14-9-29-18-13(14)6-12(8-28-18)21(23,24)25/h6,8-11H,2-5,7,26-27H2,1H3,(H,28,29)(H,30,31,32). The fourth-order valence-electron chi connectivity index (χ4n) is 4.04. The maximum absolute atomic E-state index is 15.6. The fraction of sp³-hybridized carbons (Fsp3) is 0.429.